The van der Waals surface area contributed by atoms with Crippen molar-refractivity contribution in [2.45, 2.75) is 39.3 Å². The molecule has 0 aliphatic rings. The van der Waals surface area contributed by atoms with Gasteiger partial charge in [-0.25, -0.2) is 0 Å². The zero-order valence-electron chi connectivity index (χ0n) is 11.5. The number of aryl methyl sites for hydroxylation is 1. The standard InChI is InChI=1S/C14H22N2O2/c1-10-7-11(5-6-12(10)18-4)9-16-13(17)8-14(2,3)15/h5-7H,8-9,15H2,1-4H3,(H,16,17). The van der Waals surface area contributed by atoms with Crippen molar-refractivity contribution >= 4 is 5.91 Å². The highest BCUT2D eigenvalue weighted by atomic mass is 16.5. The Labute approximate surface area is 109 Å². The van der Waals surface area contributed by atoms with Gasteiger partial charge in [-0.15, -0.1) is 0 Å². The van der Waals surface area contributed by atoms with Gasteiger partial charge in [0.1, 0.15) is 5.75 Å². The van der Waals surface area contributed by atoms with Crippen LogP contribution in [0.1, 0.15) is 31.4 Å². The molecule has 18 heavy (non-hydrogen) atoms. The molecule has 0 atom stereocenters. The van der Waals surface area contributed by atoms with Crippen LogP contribution in [0.25, 0.3) is 0 Å². The summed E-state index contributed by atoms with van der Waals surface area (Å²) in [5, 5.41) is 2.86. The van der Waals surface area contributed by atoms with Crippen LogP contribution in [0.5, 0.6) is 5.75 Å². The summed E-state index contributed by atoms with van der Waals surface area (Å²) >= 11 is 0. The molecule has 0 aromatic heterocycles. The number of amides is 1. The van der Waals surface area contributed by atoms with E-state index in [4.69, 9.17) is 10.5 Å². The Morgan fingerprint density at radius 1 is 1.44 bits per heavy atom. The molecule has 100 valence electrons. The molecule has 1 aromatic carbocycles. The zero-order chi connectivity index (χ0) is 13.8. The van der Waals surface area contributed by atoms with E-state index in [1.165, 1.54) is 0 Å². The van der Waals surface area contributed by atoms with Gasteiger partial charge in [-0.1, -0.05) is 12.1 Å². The summed E-state index contributed by atoms with van der Waals surface area (Å²) in [5.74, 6) is 0.823. The predicted octanol–water partition coefficient (Wildman–Crippen LogP) is 1.75. The molecular formula is C14H22N2O2. The number of nitrogens with one attached hydrogen (secondary N) is 1. The smallest absolute Gasteiger partial charge is 0.222 e. The average Bonchev–Trinajstić information content (AvgIpc) is 2.24. The molecule has 4 nitrogen and oxygen atoms in total. The minimum atomic E-state index is -0.472. The molecule has 1 rings (SSSR count). The van der Waals surface area contributed by atoms with E-state index in [0.29, 0.717) is 13.0 Å². The normalized spacial score (nSPS) is 11.2. The Morgan fingerprint density at radius 3 is 2.61 bits per heavy atom. The maximum absolute atomic E-state index is 11.6. The lowest BCUT2D eigenvalue weighted by atomic mass is 10.0. The van der Waals surface area contributed by atoms with Crippen LogP contribution in [0, 0.1) is 6.92 Å². The minimum Gasteiger partial charge on any atom is -0.496 e. The highest BCUT2D eigenvalue weighted by Crippen LogP contribution is 2.18. The van der Waals surface area contributed by atoms with Crippen LogP contribution in [0.4, 0.5) is 0 Å². The first-order chi connectivity index (χ1) is 8.31. The second-order valence-electron chi connectivity index (χ2n) is 5.25. The quantitative estimate of drug-likeness (QED) is 0.836. The Hall–Kier alpha value is -1.55. The van der Waals surface area contributed by atoms with E-state index in [1.807, 2.05) is 39.0 Å². The van der Waals surface area contributed by atoms with Crippen LogP contribution in [-0.4, -0.2) is 18.6 Å². The van der Waals surface area contributed by atoms with Gasteiger partial charge in [0.05, 0.1) is 7.11 Å². The number of carbonyl (C=O) groups is 1. The third-order valence-corrected chi connectivity index (χ3v) is 2.57. The van der Waals surface area contributed by atoms with Crippen molar-refractivity contribution in [1.82, 2.24) is 5.32 Å². The Balaban J connectivity index is 2.54. The lowest BCUT2D eigenvalue weighted by molar-refractivity contribution is -0.122. The highest BCUT2D eigenvalue weighted by molar-refractivity contribution is 5.77. The largest absolute Gasteiger partial charge is 0.496 e. The van der Waals surface area contributed by atoms with Gasteiger partial charge < -0.3 is 15.8 Å². The summed E-state index contributed by atoms with van der Waals surface area (Å²) < 4.78 is 5.19. The second-order valence-corrected chi connectivity index (χ2v) is 5.25. The number of ether oxygens (including phenoxy) is 1. The molecule has 0 unspecified atom stereocenters. The summed E-state index contributed by atoms with van der Waals surface area (Å²) in [7, 11) is 1.65. The van der Waals surface area contributed by atoms with Gasteiger partial charge in [-0.05, 0) is 38.0 Å². The van der Waals surface area contributed by atoms with Crippen molar-refractivity contribution in [3.63, 3.8) is 0 Å². The van der Waals surface area contributed by atoms with Crippen LogP contribution in [0.15, 0.2) is 18.2 Å². The molecule has 0 aliphatic carbocycles. The molecule has 0 bridgehead atoms. The molecule has 0 fully saturated rings. The topological polar surface area (TPSA) is 64.3 Å². The molecule has 0 heterocycles. The summed E-state index contributed by atoms with van der Waals surface area (Å²) in [6, 6.07) is 5.86. The fourth-order valence-corrected chi connectivity index (χ4v) is 1.73. The van der Waals surface area contributed by atoms with E-state index in [0.717, 1.165) is 16.9 Å². The van der Waals surface area contributed by atoms with Crippen molar-refractivity contribution in [3.8, 4) is 5.75 Å². The van der Waals surface area contributed by atoms with E-state index in [9.17, 15) is 4.79 Å². The van der Waals surface area contributed by atoms with Gasteiger partial charge in [0.15, 0.2) is 0 Å². The van der Waals surface area contributed by atoms with Gasteiger partial charge in [0, 0.05) is 18.5 Å². The number of nitrogens with two attached hydrogens (primary N) is 1. The fraction of sp³-hybridized carbons (Fsp3) is 0.500. The molecule has 0 spiro atoms. The molecule has 0 radical (unpaired) electrons. The lowest BCUT2D eigenvalue weighted by Gasteiger charge is -2.17. The average molecular weight is 250 g/mol. The van der Waals surface area contributed by atoms with Crippen molar-refractivity contribution in [2.75, 3.05) is 7.11 Å². The van der Waals surface area contributed by atoms with Crippen LogP contribution in [-0.2, 0) is 11.3 Å². The second kappa shape index (κ2) is 5.87. The maximum Gasteiger partial charge on any atom is 0.222 e. The van der Waals surface area contributed by atoms with Crippen molar-refractivity contribution in [1.29, 1.82) is 0 Å². The monoisotopic (exact) mass is 250 g/mol. The summed E-state index contributed by atoms with van der Waals surface area (Å²) in [4.78, 5) is 11.6. The van der Waals surface area contributed by atoms with E-state index in [1.54, 1.807) is 7.11 Å². The lowest BCUT2D eigenvalue weighted by Crippen LogP contribution is -2.38. The van der Waals surface area contributed by atoms with Crippen LogP contribution < -0.4 is 15.8 Å². The SMILES string of the molecule is COc1ccc(CNC(=O)CC(C)(C)N)cc1C. The number of hydrogen-bond donors (Lipinski definition) is 2. The summed E-state index contributed by atoms with van der Waals surface area (Å²) in [6.07, 6.45) is 0.322. The number of benzene rings is 1. The van der Waals surface area contributed by atoms with Crippen molar-refractivity contribution in [3.05, 3.63) is 29.3 Å². The van der Waals surface area contributed by atoms with Gasteiger partial charge in [0.2, 0.25) is 5.91 Å². The Bertz CT molecular complexity index is 422. The fourth-order valence-electron chi connectivity index (χ4n) is 1.73. The predicted molar refractivity (Wildman–Crippen MR) is 72.5 cm³/mol. The van der Waals surface area contributed by atoms with Crippen molar-refractivity contribution < 1.29 is 9.53 Å². The molecular weight excluding hydrogens is 228 g/mol. The number of rotatable bonds is 5. The van der Waals surface area contributed by atoms with Gasteiger partial charge in [-0.3, -0.25) is 4.79 Å². The van der Waals surface area contributed by atoms with Crippen molar-refractivity contribution in [2.24, 2.45) is 5.73 Å². The van der Waals surface area contributed by atoms with E-state index in [2.05, 4.69) is 5.32 Å². The van der Waals surface area contributed by atoms with Crippen LogP contribution in [0.2, 0.25) is 0 Å². The number of hydrogen-bond acceptors (Lipinski definition) is 3. The third kappa shape index (κ3) is 4.75. The zero-order valence-corrected chi connectivity index (χ0v) is 11.5. The molecule has 1 aromatic rings. The number of methoxy groups -OCH3 is 1. The molecule has 1 amide bonds. The van der Waals surface area contributed by atoms with Crippen LogP contribution in [0.3, 0.4) is 0 Å². The summed E-state index contributed by atoms with van der Waals surface area (Å²) in [6.45, 7) is 6.17. The first kappa shape index (κ1) is 14.5. The Kier molecular flexibility index (Phi) is 4.73. The van der Waals surface area contributed by atoms with E-state index < -0.39 is 5.54 Å². The van der Waals surface area contributed by atoms with Gasteiger partial charge >= 0.3 is 0 Å². The Morgan fingerprint density at radius 2 is 2.11 bits per heavy atom. The maximum atomic E-state index is 11.6. The minimum absolute atomic E-state index is 0.0315. The van der Waals surface area contributed by atoms with E-state index >= 15 is 0 Å². The molecule has 0 aliphatic heterocycles. The molecule has 0 saturated heterocycles. The van der Waals surface area contributed by atoms with E-state index in [-0.39, 0.29) is 5.91 Å². The molecule has 0 saturated carbocycles. The first-order valence-electron chi connectivity index (χ1n) is 6.01. The van der Waals surface area contributed by atoms with Gasteiger partial charge in [0.25, 0.3) is 0 Å². The number of carbonyl (C=O) groups excluding carboxylic acids is 1. The van der Waals surface area contributed by atoms with Gasteiger partial charge in [-0.2, -0.15) is 0 Å². The molecule has 4 heteroatoms. The highest BCUT2D eigenvalue weighted by Gasteiger charge is 2.15. The summed E-state index contributed by atoms with van der Waals surface area (Å²) in [5.41, 5.74) is 7.43. The third-order valence-electron chi connectivity index (χ3n) is 2.57. The molecule has 3 N–H and O–H groups in total. The van der Waals surface area contributed by atoms with Crippen LogP contribution >= 0.6 is 0 Å². The first-order valence-corrected chi connectivity index (χ1v) is 6.01.